The van der Waals surface area contributed by atoms with E-state index in [1.165, 1.54) is 9.75 Å². The van der Waals surface area contributed by atoms with Crippen LogP contribution in [-0.4, -0.2) is 60.4 Å². The molecule has 2 fully saturated rings. The molecule has 0 saturated carbocycles. The average Bonchev–Trinajstić information content (AvgIpc) is 3.29. The number of rotatable bonds is 5. The van der Waals surface area contributed by atoms with Crippen LogP contribution in [-0.2, 0) is 20.9 Å². The molecule has 0 unspecified atom stereocenters. The maximum atomic E-state index is 11.7. The first kappa shape index (κ1) is 23.6. The minimum absolute atomic E-state index is 0.0558. The van der Waals surface area contributed by atoms with Crippen molar-refractivity contribution in [2.24, 2.45) is 17.8 Å². The number of nitrogens with one attached hydrogen (secondary N) is 1. The maximum absolute atomic E-state index is 11.7. The molecule has 0 bridgehead atoms. The monoisotopic (exact) mass is 436 g/mol. The van der Waals surface area contributed by atoms with Gasteiger partial charge in [-0.15, -0.1) is 11.3 Å². The van der Waals surface area contributed by atoms with E-state index in [2.05, 4.69) is 29.3 Å². The fraction of sp³-hybridized carbons (Fsp3) is 0.684. The van der Waals surface area contributed by atoms with E-state index in [1.807, 2.05) is 25.2 Å². The Morgan fingerprint density at radius 3 is 2.52 bits per heavy atom. The van der Waals surface area contributed by atoms with Crippen LogP contribution in [0.2, 0.25) is 0 Å². The molecule has 2 N–H and O–H groups in total. The van der Waals surface area contributed by atoms with E-state index in [0.29, 0.717) is 17.9 Å². The van der Waals surface area contributed by atoms with Crippen molar-refractivity contribution < 1.29 is 32.6 Å². The lowest BCUT2D eigenvalue weighted by molar-refractivity contribution is -0.192. The van der Waals surface area contributed by atoms with Crippen molar-refractivity contribution >= 4 is 23.2 Å². The number of alkyl halides is 3. The Hall–Kier alpha value is -1.65. The van der Waals surface area contributed by atoms with Gasteiger partial charge in [0.2, 0.25) is 5.91 Å². The molecule has 1 amide bonds. The summed E-state index contributed by atoms with van der Waals surface area (Å²) in [6.07, 6.45) is -4.73. The van der Waals surface area contributed by atoms with E-state index in [1.54, 1.807) is 0 Å². The summed E-state index contributed by atoms with van der Waals surface area (Å²) in [6.45, 7) is 10.7. The number of carbonyl (C=O) groups is 2. The molecule has 3 heterocycles. The zero-order valence-corrected chi connectivity index (χ0v) is 17.5. The summed E-state index contributed by atoms with van der Waals surface area (Å²) in [6, 6.07) is 4.42. The van der Waals surface area contributed by atoms with Gasteiger partial charge < -0.3 is 15.2 Å². The topological polar surface area (TPSA) is 78.9 Å². The minimum atomic E-state index is -5.08. The summed E-state index contributed by atoms with van der Waals surface area (Å²) in [4.78, 5) is 25.9. The highest BCUT2D eigenvalue weighted by atomic mass is 32.1. The molecule has 2 aliphatic heterocycles. The van der Waals surface area contributed by atoms with Crippen LogP contribution < -0.4 is 5.32 Å². The third-order valence-corrected chi connectivity index (χ3v) is 5.98. The normalized spacial score (nSPS) is 24.2. The molecule has 1 aromatic rings. The predicted molar refractivity (Wildman–Crippen MR) is 103 cm³/mol. The molecule has 29 heavy (non-hydrogen) atoms. The summed E-state index contributed by atoms with van der Waals surface area (Å²) >= 11 is 1.88. The first-order valence-electron chi connectivity index (χ1n) is 9.44. The van der Waals surface area contributed by atoms with Gasteiger partial charge in [0, 0.05) is 53.7 Å². The highest BCUT2D eigenvalue weighted by molar-refractivity contribution is 7.11. The number of aryl methyl sites for hydroxylation is 1. The Morgan fingerprint density at radius 2 is 2.00 bits per heavy atom. The number of hydrogen-bond donors (Lipinski definition) is 2. The third-order valence-electron chi connectivity index (χ3n) is 5.00. The average molecular weight is 436 g/mol. The van der Waals surface area contributed by atoms with Crippen LogP contribution in [0.1, 0.15) is 23.6 Å². The Bertz CT molecular complexity index is 708. The molecular formula is C19H27F3N2O4S. The number of nitrogens with zero attached hydrogens (tertiary/aromatic N) is 1. The van der Waals surface area contributed by atoms with Gasteiger partial charge in [-0.05, 0) is 19.1 Å². The molecule has 2 aliphatic rings. The highest BCUT2D eigenvalue weighted by Gasteiger charge is 2.43. The number of carboxylic acid groups (broad SMARTS) is 1. The van der Waals surface area contributed by atoms with Crippen molar-refractivity contribution in [3.8, 4) is 0 Å². The standard InChI is InChI=1S/C17H26N2O2S.C2HF3O2/c1-11(2)17(20)18-6-13-10-21-16-9-19(8-15(13)16)7-14-5-4-12(3)22-14;3-2(4,5)1(6)7/h4-5,11,13,15-16H,6-10H2,1-3H3,(H,18,20);(H,6,7)/t13-,15+,16+;/m0./s1. The fourth-order valence-corrected chi connectivity index (χ4v) is 4.38. The second-order valence-electron chi connectivity index (χ2n) is 7.70. The van der Waals surface area contributed by atoms with Crippen molar-refractivity contribution in [1.29, 1.82) is 0 Å². The first-order valence-corrected chi connectivity index (χ1v) is 10.3. The zero-order valence-electron chi connectivity index (χ0n) is 16.7. The van der Waals surface area contributed by atoms with Gasteiger partial charge in [-0.2, -0.15) is 13.2 Å². The lowest BCUT2D eigenvalue weighted by atomic mass is 9.93. The quantitative estimate of drug-likeness (QED) is 0.742. The number of likely N-dealkylation sites (tertiary alicyclic amines) is 1. The SMILES string of the molecule is Cc1ccc(CN2C[C@@H]3[C@@H](CNC(=O)C(C)C)CO[C@@H]3C2)s1.O=C(O)C(F)(F)F. The van der Waals surface area contributed by atoms with Crippen molar-refractivity contribution in [2.45, 2.75) is 39.6 Å². The van der Waals surface area contributed by atoms with Gasteiger partial charge in [-0.3, -0.25) is 9.69 Å². The van der Waals surface area contributed by atoms with Gasteiger partial charge in [0.1, 0.15) is 0 Å². The van der Waals surface area contributed by atoms with Gasteiger partial charge in [-0.25, -0.2) is 4.79 Å². The van der Waals surface area contributed by atoms with Gasteiger partial charge in [0.05, 0.1) is 12.7 Å². The largest absolute Gasteiger partial charge is 0.490 e. The zero-order chi connectivity index (χ0) is 21.8. The van der Waals surface area contributed by atoms with Crippen LogP contribution in [0.5, 0.6) is 0 Å². The molecule has 0 aromatic carbocycles. The molecule has 3 rings (SSSR count). The highest BCUT2D eigenvalue weighted by Crippen LogP contribution is 2.34. The summed E-state index contributed by atoms with van der Waals surface area (Å²) in [5, 5.41) is 10.2. The van der Waals surface area contributed by atoms with E-state index in [0.717, 1.165) is 32.8 Å². The third kappa shape index (κ3) is 6.97. The van der Waals surface area contributed by atoms with Crippen LogP contribution in [0.4, 0.5) is 13.2 Å². The van der Waals surface area contributed by atoms with Crippen molar-refractivity contribution in [3.05, 3.63) is 21.9 Å². The molecule has 0 aliphatic carbocycles. The fourth-order valence-electron chi connectivity index (χ4n) is 3.45. The van der Waals surface area contributed by atoms with Gasteiger partial charge in [-0.1, -0.05) is 13.8 Å². The van der Waals surface area contributed by atoms with Gasteiger partial charge >= 0.3 is 12.1 Å². The van der Waals surface area contributed by atoms with Crippen molar-refractivity contribution in [2.75, 3.05) is 26.2 Å². The lowest BCUT2D eigenvalue weighted by Crippen LogP contribution is -2.36. The van der Waals surface area contributed by atoms with Crippen LogP contribution >= 0.6 is 11.3 Å². The van der Waals surface area contributed by atoms with Crippen molar-refractivity contribution in [3.63, 3.8) is 0 Å². The van der Waals surface area contributed by atoms with E-state index < -0.39 is 12.1 Å². The number of carboxylic acids is 1. The molecule has 0 spiro atoms. The number of thiophene rings is 1. The van der Waals surface area contributed by atoms with Crippen LogP contribution in [0.25, 0.3) is 0 Å². The molecule has 2 saturated heterocycles. The Morgan fingerprint density at radius 1 is 1.34 bits per heavy atom. The van der Waals surface area contributed by atoms with Crippen LogP contribution in [0.15, 0.2) is 12.1 Å². The number of hydrogen-bond acceptors (Lipinski definition) is 5. The van der Waals surface area contributed by atoms with Crippen LogP contribution in [0.3, 0.4) is 0 Å². The van der Waals surface area contributed by atoms with Crippen molar-refractivity contribution in [1.82, 2.24) is 10.2 Å². The lowest BCUT2D eigenvalue weighted by Gasteiger charge is -2.20. The smallest absolute Gasteiger partial charge is 0.475 e. The van der Waals surface area contributed by atoms with E-state index in [9.17, 15) is 18.0 Å². The minimum Gasteiger partial charge on any atom is -0.475 e. The molecule has 10 heteroatoms. The number of halogens is 3. The Kier molecular flexibility index (Phi) is 8.07. The number of fused-ring (bicyclic) bond motifs is 1. The summed E-state index contributed by atoms with van der Waals surface area (Å²) in [5.41, 5.74) is 0. The molecule has 164 valence electrons. The van der Waals surface area contributed by atoms with E-state index >= 15 is 0 Å². The molecule has 6 nitrogen and oxygen atoms in total. The first-order chi connectivity index (χ1) is 13.5. The predicted octanol–water partition coefficient (Wildman–Crippen LogP) is 2.91. The molecular weight excluding hydrogens is 409 g/mol. The van der Waals surface area contributed by atoms with Gasteiger partial charge in [0.15, 0.2) is 0 Å². The molecule has 1 aromatic heterocycles. The Labute approximate surface area is 172 Å². The van der Waals surface area contributed by atoms with E-state index in [4.69, 9.17) is 14.6 Å². The second kappa shape index (κ2) is 9.90. The van der Waals surface area contributed by atoms with E-state index in [-0.39, 0.29) is 11.8 Å². The number of amides is 1. The summed E-state index contributed by atoms with van der Waals surface area (Å²) < 4.78 is 37.7. The van der Waals surface area contributed by atoms with Crippen LogP contribution in [0, 0.1) is 24.7 Å². The summed E-state index contributed by atoms with van der Waals surface area (Å²) in [7, 11) is 0. The Balaban J connectivity index is 0.000000370. The number of carbonyl (C=O) groups excluding carboxylic acids is 1. The second-order valence-corrected chi connectivity index (χ2v) is 9.08. The van der Waals surface area contributed by atoms with Gasteiger partial charge in [0.25, 0.3) is 0 Å². The maximum Gasteiger partial charge on any atom is 0.490 e. The summed E-state index contributed by atoms with van der Waals surface area (Å²) in [5.74, 6) is -1.53. The number of aliphatic carboxylic acids is 1. The molecule has 3 atom stereocenters. The number of ether oxygens (including phenoxy) is 1. The molecule has 0 radical (unpaired) electrons.